The van der Waals surface area contributed by atoms with Crippen LogP contribution in [0.3, 0.4) is 0 Å². The molecule has 0 aliphatic heterocycles. The molecule has 1 aliphatic rings. The van der Waals surface area contributed by atoms with Gasteiger partial charge in [0.05, 0.1) is 0 Å². The summed E-state index contributed by atoms with van der Waals surface area (Å²) >= 11 is 4.89. The van der Waals surface area contributed by atoms with Gasteiger partial charge in [0.2, 0.25) is 0 Å². The Morgan fingerprint density at radius 3 is 2.57 bits per heavy atom. The van der Waals surface area contributed by atoms with Gasteiger partial charge in [0.15, 0.2) is 5.11 Å². The summed E-state index contributed by atoms with van der Waals surface area (Å²) in [5, 5.41) is 3.63. The summed E-state index contributed by atoms with van der Waals surface area (Å²) in [5.74, 6) is 0.611. The molecule has 1 saturated carbocycles. The van der Waals surface area contributed by atoms with E-state index < -0.39 is 0 Å². The second-order valence-electron chi connectivity index (χ2n) is 4.44. The monoisotopic (exact) mass is 215 g/mol. The number of rotatable bonds is 2. The van der Waals surface area contributed by atoms with Crippen LogP contribution in [-0.2, 0) is 0 Å². The zero-order valence-corrected chi connectivity index (χ0v) is 10.1. The molecule has 82 valence electrons. The minimum atomic E-state index is 0.432. The second-order valence-corrected chi connectivity index (χ2v) is 4.88. The van der Waals surface area contributed by atoms with E-state index in [0.29, 0.717) is 23.1 Å². The number of nitrogens with one attached hydrogen (secondary N) is 1. The van der Waals surface area contributed by atoms with Crippen molar-refractivity contribution in [2.24, 2.45) is 11.7 Å². The van der Waals surface area contributed by atoms with Crippen molar-refractivity contribution in [2.45, 2.75) is 38.3 Å². The first-order chi connectivity index (χ1) is 6.52. The summed E-state index contributed by atoms with van der Waals surface area (Å²) in [6.45, 7) is 2.28. The second kappa shape index (κ2) is 4.94. The van der Waals surface area contributed by atoms with Crippen LogP contribution in [-0.4, -0.2) is 36.2 Å². The van der Waals surface area contributed by atoms with Gasteiger partial charge in [-0.3, -0.25) is 0 Å². The van der Waals surface area contributed by atoms with Gasteiger partial charge in [-0.05, 0) is 51.5 Å². The van der Waals surface area contributed by atoms with Crippen molar-refractivity contribution in [3.63, 3.8) is 0 Å². The van der Waals surface area contributed by atoms with Gasteiger partial charge in [-0.25, -0.2) is 0 Å². The number of hydrogen-bond donors (Lipinski definition) is 2. The highest BCUT2D eigenvalue weighted by atomic mass is 32.1. The molecule has 0 heterocycles. The van der Waals surface area contributed by atoms with Crippen molar-refractivity contribution < 1.29 is 0 Å². The minimum absolute atomic E-state index is 0.432. The molecule has 4 heteroatoms. The highest BCUT2D eigenvalue weighted by molar-refractivity contribution is 7.80. The topological polar surface area (TPSA) is 41.3 Å². The predicted octanol–water partition coefficient (Wildman–Crippen LogP) is 0.938. The van der Waals surface area contributed by atoms with E-state index in [1.807, 2.05) is 0 Å². The van der Waals surface area contributed by atoms with Gasteiger partial charge >= 0.3 is 0 Å². The van der Waals surface area contributed by atoms with Crippen molar-refractivity contribution in [1.82, 2.24) is 10.2 Å². The van der Waals surface area contributed by atoms with Crippen LogP contribution in [0.5, 0.6) is 0 Å². The molecule has 0 radical (unpaired) electrons. The lowest BCUT2D eigenvalue weighted by Gasteiger charge is -2.40. The van der Waals surface area contributed by atoms with Gasteiger partial charge in [0.1, 0.15) is 0 Å². The van der Waals surface area contributed by atoms with Crippen molar-refractivity contribution in [2.75, 3.05) is 14.1 Å². The fourth-order valence-electron chi connectivity index (χ4n) is 2.46. The molecule has 0 aromatic rings. The third-order valence-corrected chi connectivity index (χ3v) is 3.37. The van der Waals surface area contributed by atoms with Crippen LogP contribution in [0.15, 0.2) is 0 Å². The highest BCUT2D eigenvalue weighted by Crippen LogP contribution is 2.27. The first-order valence-electron chi connectivity index (χ1n) is 5.24. The SMILES string of the molecule is CC1C(NC(N)=S)CCCC1N(C)C. The summed E-state index contributed by atoms with van der Waals surface area (Å²) in [5.41, 5.74) is 5.51. The maximum absolute atomic E-state index is 5.51. The van der Waals surface area contributed by atoms with Gasteiger partial charge in [0, 0.05) is 12.1 Å². The molecular weight excluding hydrogens is 194 g/mol. The zero-order chi connectivity index (χ0) is 10.7. The number of nitrogens with two attached hydrogens (primary N) is 1. The Bertz CT molecular complexity index is 206. The molecule has 1 aliphatic carbocycles. The van der Waals surface area contributed by atoms with E-state index in [9.17, 15) is 0 Å². The quantitative estimate of drug-likeness (QED) is 0.673. The van der Waals surface area contributed by atoms with E-state index in [-0.39, 0.29) is 0 Å². The van der Waals surface area contributed by atoms with Crippen molar-refractivity contribution in [3.8, 4) is 0 Å². The molecule has 0 bridgehead atoms. The van der Waals surface area contributed by atoms with E-state index in [0.717, 1.165) is 0 Å². The van der Waals surface area contributed by atoms with Crippen LogP contribution in [0.4, 0.5) is 0 Å². The lowest BCUT2D eigenvalue weighted by Crippen LogP contribution is -2.51. The van der Waals surface area contributed by atoms with Crippen LogP contribution >= 0.6 is 12.2 Å². The summed E-state index contributed by atoms with van der Waals surface area (Å²) in [6.07, 6.45) is 3.72. The van der Waals surface area contributed by atoms with E-state index in [1.165, 1.54) is 19.3 Å². The maximum Gasteiger partial charge on any atom is 0.163 e. The fourth-order valence-corrected chi connectivity index (χ4v) is 2.61. The minimum Gasteiger partial charge on any atom is -0.376 e. The molecule has 1 fully saturated rings. The lowest BCUT2D eigenvalue weighted by atomic mass is 9.81. The summed E-state index contributed by atoms with van der Waals surface area (Å²) in [7, 11) is 4.29. The predicted molar refractivity (Wildman–Crippen MR) is 64.2 cm³/mol. The van der Waals surface area contributed by atoms with Gasteiger partial charge in [-0.1, -0.05) is 6.92 Å². The molecule has 3 nitrogen and oxygen atoms in total. The van der Waals surface area contributed by atoms with Crippen molar-refractivity contribution >= 4 is 17.3 Å². The summed E-state index contributed by atoms with van der Waals surface area (Å²) in [6, 6.07) is 1.10. The average Bonchev–Trinajstić information content (AvgIpc) is 2.07. The molecule has 0 amide bonds. The van der Waals surface area contributed by atoms with Gasteiger partial charge < -0.3 is 16.0 Å². The molecule has 3 N–H and O–H groups in total. The molecule has 3 atom stereocenters. The first-order valence-corrected chi connectivity index (χ1v) is 5.65. The van der Waals surface area contributed by atoms with E-state index >= 15 is 0 Å². The molecule has 14 heavy (non-hydrogen) atoms. The molecule has 0 saturated heterocycles. The molecule has 3 unspecified atom stereocenters. The molecule has 0 aromatic carbocycles. The van der Waals surface area contributed by atoms with E-state index in [2.05, 4.69) is 31.2 Å². The third kappa shape index (κ3) is 2.82. The largest absolute Gasteiger partial charge is 0.376 e. The smallest absolute Gasteiger partial charge is 0.163 e. The summed E-state index contributed by atoms with van der Waals surface area (Å²) in [4.78, 5) is 2.30. The van der Waals surface area contributed by atoms with E-state index in [1.54, 1.807) is 0 Å². The van der Waals surface area contributed by atoms with Gasteiger partial charge in [0.25, 0.3) is 0 Å². The number of nitrogens with zero attached hydrogens (tertiary/aromatic N) is 1. The Morgan fingerprint density at radius 1 is 1.43 bits per heavy atom. The number of hydrogen-bond acceptors (Lipinski definition) is 2. The van der Waals surface area contributed by atoms with Gasteiger partial charge in [-0.2, -0.15) is 0 Å². The highest BCUT2D eigenvalue weighted by Gasteiger charge is 2.31. The zero-order valence-electron chi connectivity index (χ0n) is 9.29. The molecular formula is C10H21N3S. The van der Waals surface area contributed by atoms with Crippen LogP contribution in [0.1, 0.15) is 26.2 Å². The number of thiocarbonyl (C=S) groups is 1. The Balaban J connectivity index is 2.56. The van der Waals surface area contributed by atoms with Crippen LogP contribution in [0.25, 0.3) is 0 Å². The molecule has 0 spiro atoms. The third-order valence-electron chi connectivity index (χ3n) is 3.25. The first kappa shape index (κ1) is 11.7. The average molecular weight is 215 g/mol. The Morgan fingerprint density at radius 2 is 2.07 bits per heavy atom. The maximum atomic E-state index is 5.51. The fraction of sp³-hybridized carbons (Fsp3) is 0.900. The van der Waals surface area contributed by atoms with Crippen LogP contribution < -0.4 is 11.1 Å². The molecule has 1 rings (SSSR count). The van der Waals surface area contributed by atoms with Crippen molar-refractivity contribution in [3.05, 3.63) is 0 Å². The van der Waals surface area contributed by atoms with Crippen LogP contribution in [0.2, 0.25) is 0 Å². The van der Waals surface area contributed by atoms with Gasteiger partial charge in [-0.15, -0.1) is 0 Å². The standard InChI is InChI=1S/C10H21N3S/c1-7-8(12-10(11)14)5-4-6-9(7)13(2)3/h7-9H,4-6H2,1-3H3,(H3,11,12,14). The normalized spacial score (nSPS) is 33.0. The van der Waals surface area contributed by atoms with Crippen molar-refractivity contribution in [1.29, 1.82) is 0 Å². The Labute approximate surface area is 92.0 Å². The van der Waals surface area contributed by atoms with E-state index in [4.69, 9.17) is 18.0 Å². The lowest BCUT2D eigenvalue weighted by molar-refractivity contribution is 0.141. The Hall–Kier alpha value is -0.350. The Kier molecular flexibility index (Phi) is 4.13. The summed E-state index contributed by atoms with van der Waals surface area (Å²) < 4.78 is 0. The van der Waals surface area contributed by atoms with Crippen LogP contribution in [0, 0.1) is 5.92 Å². The molecule has 0 aromatic heterocycles.